The number of hydrogen-bond acceptors (Lipinski definition) is 9. The fourth-order valence-corrected chi connectivity index (χ4v) is 11.3. The maximum Gasteiger partial charge on any atom is 0.298 e. The number of fused-ring (bicyclic) bond motifs is 6. The van der Waals surface area contributed by atoms with Gasteiger partial charge in [-0.2, -0.15) is 0 Å². The normalized spacial score (nSPS) is 23.1. The van der Waals surface area contributed by atoms with Gasteiger partial charge in [-0.05, 0) is 116 Å². The standard InChI is InChI=1S/C55H69N7O7/c1-9-15-48(64)61-30-34(2)43(31-61)53(66)60(7)50(37-17-10-11-18-37)52(65)57-45-27-36-16-12-19-38(26-36)39-22-23-46-41(28-39)42(51(59(46)6)40-20-13-24-56-49(40)35(3)68-8)29-55(4,5)33-69-32-47(63)44-21-14-25-62(58-44)54(45)67/h12-13,16,19-20,22-24,26,28,34-35,37,43-45,50,58H,10-11,14,17-18,21,25,27,29-33H2,1-8H3,(H,57,65)/t34-,35-,43+,44-,45-,50-/m0/s1. The molecule has 0 unspecified atom stereocenters. The maximum absolute atomic E-state index is 15.0. The Kier molecular flexibility index (Phi) is 15.1. The molecule has 14 heteroatoms. The lowest BCUT2D eigenvalue weighted by molar-refractivity contribution is -0.147. The molecule has 2 N–H and O–H groups in total. The predicted octanol–water partition coefficient (Wildman–Crippen LogP) is 6.44. The van der Waals surface area contributed by atoms with Crippen LogP contribution in [-0.4, -0.2) is 119 Å². The molecule has 2 aromatic carbocycles. The van der Waals surface area contributed by atoms with Crippen LogP contribution in [0.4, 0.5) is 0 Å². The molecule has 6 bridgehead atoms. The van der Waals surface area contributed by atoms with Gasteiger partial charge in [0.05, 0.1) is 36.1 Å². The molecule has 6 atom stereocenters. The van der Waals surface area contributed by atoms with Crippen molar-refractivity contribution in [3.05, 3.63) is 77.6 Å². The number of aromatic nitrogens is 2. The monoisotopic (exact) mass is 940 g/mol. The Hall–Kier alpha value is -5.88. The number of amides is 4. The van der Waals surface area contributed by atoms with Gasteiger partial charge in [0.2, 0.25) is 11.8 Å². The van der Waals surface area contributed by atoms with Gasteiger partial charge in [-0.3, -0.25) is 34.0 Å². The molecule has 1 aliphatic carbocycles. The van der Waals surface area contributed by atoms with Gasteiger partial charge in [-0.15, -0.1) is 0 Å². The number of hydrazine groups is 1. The van der Waals surface area contributed by atoms with Crippen LogP contribution in [0.3, 0.4) is 0 Å². The second-order valence-electron chi connectivity index (χ2n) is 20.6. The summed E-state index contributed by atoms with van der Waals surface area (Å²) in [5.41, 5.74) is 10.7. The minimum absolute atomic E-state index is 0.104. The summed E-state index contributed by atoms with van der Waals surface area (Å²) in [4.78, 5) is 78.9. The Balaban J connectivity index is 1.17. The number of nitrogens with zero attached hydrogens (tertiary/aromatic N) is 5. The first-order valence-corrected chi connectivity index (χ1v) is 24.7. The minimum atomic E-state index is -1.03. The van der Waals surface area contributed by atoms with Gasteiger partial charge in [-0.1, -0.05) is 69.9 Å². The van der Waals surface area contributed by atoms with E-state index in [1.54, 1.807) is 37.1 Å². The quantitative estimate of drug-likeness (QED) is 0.190. The first-order chi connectivity index (χ1) is 33.1. The number of methoxy groups -OCH3 is 1. The van der Waals surface area contributed by atoms with E-state index in [9.17, 15) is 24.0 Å². The Morgan fingerprint density at radius 1 is 1.01 bits per heavy atom. The summed E-state index contributed by atoms with van der Waals surface area (Å²) in [6, 6.07) is 16.2. The Bertz CT molecular complexity index is 2660. The highest BCUT2D eigenvalue weighted by molar-refractivity contribution is 5.97. The van der Waals surface area contributed by atoms with Crippen LogP contribution in [-0.2, 0) is 53.3 Å². The van der Waals surface area contributed by atoms with Crippen molar-refractivity contribution in [2.75, 3.05) is 47.0 Å². The molecule has 4 aromatic rings. The summed E-state index contributed by atoms with van der Waals surface area (Å²) in [5, 5.41) is 5.75. The third kappa shape index (κ3) is 10.5. The smallest absolute Gasteiger partial charge is 0.298 e. The molecule has 5 heterocycles. The van der Waals surface area contributed by atoms with E-state index in [0.29, 0.717) is 39.0 Å². The largest absolute Gasteiger partial charge is 0.375 e. The molecule has 4 amide bonds. The molecule has 0 radical (unpaired) electrons. The van der Waals surface area contributed by atoms with E-state index in [-0.39, 0.29) is 61.0 Å². The number of likely N-dealkylation sites (N-methyl/N-ethyl adjacent to an activating group) is 1. The number of benzene rings is 2. The average molecular weight is 940 g/mol. The third-order valence-corrected chi connectivity index (χ3v) is 15.0. The fourth-order valence-electron chi connectivity index (χ4n) is 11.3. The molecule has 366 valence electrons. The van der Waals surface area contributed by atoms with Crippen molar-refractivity contribution in [2.24, 2.45) is 30.2 Å². The minimum Gasteiger partial charge on any atom is -0.375 e. The summed E-state index contributed by atoms with van der Waals surface area (Å²) in [7, 11) is 5.46. The van der Waals surface area contributed by atoms with E-state index in [1.165, 1.54) is 5.01 Å². The number of hydrogen-bond donors (Lipinski definition) is 2. The summed E-state index contributed by atoms with van der Waals surface area (Å²) < 4.78 is 14.3. The molecule has 8 rings (SSSR count). The van der Waals surface area contributed by atoms with Crippen LogP contribution in [0.2, 0.25) is 0 Å². The van der Waals surface area contributed by atoms with Gasteiger partial charge in [0.15, 0.2) is 5.78 Å². The van der Waals surface area contributed by atoms with E-state index in [1.807, 2.05) is 32.0 Å². The fraction of sp³-hybridized carbons (Fsp3) is 0.527. The van der Waals surface area contributed by atoms with Crippen molar-refractivity contribution in [1.29, 1.82) is 0 Å². The predicted molar refractivity (Wildman–Crippen MR) is 265 cm³/mol. The first kappa shape index (κ1) is 49.5. The lowest BCUT2D eigenvalue weighted by Crippen LogP contribution is -2.62. The van der Waals surface area contributed by atoms with Gasteiger partial charge in [0.1, 0.15) is 18.7 Å². The number of ketones is 1. The number of likely N-dealkylation sites (tertiary alicyclic amines) is 1. The van der Waals surface area contributed by atoms with Crippen molar-refractivity contribution in [2.45, 2.75) is 110 Å². The zero-order valence-corrected chi connectivity index (χ0v) is 41.6. The van der Waals surface area contributed by atoms with Crippen molar-refractivity contribution < 1.29 is 33.4 Å². The lowest BCUT2D eigenvalue weighted by Gasteiger charge is -2.37. The van der Waals surface area contributed by atoms with Crippen LogP contribution in [0.25, 0.3) is 33.3 Å². The zero-order valence-electron chi connectivity index (χ0n) is 41.6. The van der Waals surface area contributed by atoms with Crippen molar-refractivity contribution in [3.8, 4) is 34.2 Å². The van der Waals surface area contributed by atoms with E-state index in [4.69, 9.17) is 14.5 Å². The number of aryl methyl sites for hydroxylation is 1. The van der Waals surface area contributed by atoms with Crippen LogP contribution in [0.1, 0.15) is 96.1 Å². The molecular formula is C55H69N7O7. The van der Waals surface area contributed by atoms with Crippen LogP contribution < -0.4 is 10.7 Å². The highest BCUT2D eigenvalue weighted by Crippen LogP contribution is 2.41. The molecule has 14 nitrogen and oxygen atoms in total. The summed E-state index contributed by atoms with van der Waals surface area (Å²) in [5.74, 6) is 3.13. The zero-order chi connectivity index (χ0) is 49.1. The Morgan fingerprint density at radius 3 is 2.54 bits per heavy atom. The number of pyridine rings is 1. The van der Waals surface area contributed by atoms with E-state index in [2.05, 4.69) is 84.4 Å². The van der Waals surface area contributed by atoms with Crippen molar-refractivity contribution >= 4 is 40.3 Å². The van der Waals surface area contributed by atoms with Crippen molar-refractivity contribution in [1.82, 2.24) is 35.1 Å². The summed E-state index contributed by atoms with van der Waals surface area (Å²) in [6.07, 6.45) is 6.90. The average Bonchev–Trinajstić information content (AvgIpc) is 4.08. The lowest BCUT2D eigenvalue weighted by atomic mass is 9.84. The first-order valence-electron chi connectivity index (χ1n) is 24.7. The van der Waals surface area contributed by atoms with Gasteiger partial charge >= 0.3 is 0 Å². The van der Waals surface area contributed by atoms with Gasteiger partial charge < -0.3 is 29.2 Å². The SMILES string of the molecule is CC#CC(=O)N1C[C@H](C)[C@H](C(=O)N(C)[C@H](C(=O)N[C@H]2Cc3cccc(c3)-c3ccc4c(c3)c(c(-c3cccnc3[C@H](C)OC)n4C)CC(C)(C)COCC(=O)[C@@H]3CCCN(N3)C2=O)C2CCCC2)C1. The van der Waals surface area contributed by atoms with Crippen LogP contribution in [0.15, 0.2) is 60.8 Å². The second-order valence-corrected chi connectivity index (χ2v) is 20.6. The van der Waals surface area contributed by atoms with Gasteiger partial charge in [0, 0.05) is 69.9 Å². The van der Waals surface area contributed by atoms with Crippen molar-refractivity contribution in [3.63, 3.8) is 0 Å². The molecule has 1 saturated carbocycles. The second kappa shape index (κ2) is 21.0. The van der Waals surface area contributed by atoms with Crippen LogP contribution in [0.5, 0.6) is 0 Å². The van der Waals surface area contributed by atoms with E-state index in [0.717, 1.165) is 75.8 Å². The number of carbonyl (C=O) groups is 5. The van der Waals surface area contributed by atoms with E-state index >= 15 is 0 Å². The molecule has 2 aromatic heterocycles. The maximum atomic E-state index is 15.0. The van der Waals surface area contributed by atoms with E-state index < -0.39 is 35.4 Å². The third-order valence-electron chi connectivity index (χ3n) is 15.0. The molecule has 69 heavy (non-hydrogen) atoms. The molecule has 3 aliphatic heterocycles. The Labute approximate surface area is 406 Å². The van der Waals surface area contributed by atoms with Gasteiger partial charge in [0.25, 0.3) is 11.8 Å². The summed E-state index contributed by atoms with van der Waals surface area (Å²) in [6.45, 7) is 11.1. The molecule has 0 spiro atoms. The van der Waals surface area contributed by atoms with Gasteiger partial charge in [-0.25, -0.2) is 5.43 Å². The Morgan fingerprint density at radius 2 is 1.78 bits per heavy atom. The highest BCUT2D eigenvalue weighted by Gasteiger charge is 2.44. The molecular weight excluding hydrogens is 871 g/mol. The number of carbonyl (C=O) groups excluding carboxylic acids is 5. The summed E-state index contributed by atoms with van der Waals surface area (Å²) >= 11 is 0. The number of rotatable bonds is 8. The molecule has 3 fully saturated rings. The number of ether oxygens (including phenoxy) is 2. The molecule has 2 saturated heterocycles. The number of Topliss-reactive ketones (excluding diaryl/α,β-unsaturated/α-hetero) is 1. The number of nitrogens with one attached hydrogen (secondary N) is 2. The van der Waals surface area contributed by atoms with Crippen LogP contribution in [0, 0.1) is 35.0 Å². The topological polar surface area (TPSA) is 155 Å². The molecule has 4 aliphatic rings. The van der Waals surface area contributed by atoms with Crippen LogP contribution >= 0.6 is 0 Å². The highest BCUT2D eigenvalue weighted by atomic mass is 16.5.